The molecule has 4 nitrogen and oxygen atoms in total. The van der Waals surface area contributed by atoms with Gasteiger partial charge in [0.1, 0.15) is 12.1 Å². The summed E-state index contributed by atoms with van der Waals surface area (Å²) in [6, 6.07) is 8.64. The van der Waals surface area contributed by atoms with E-state index >= 15 is 0 Å². The number of nitrogens with one attached hydrogen (secondary N) is 1. The summed E-state index contributed by atoms with van der Waals surface area (Å²) in [4.78, 5) is 27.1. The number of carbonyl (C=O) groups is 2. The fourth-order valence-electron chi connectivity index (χ4n) is 2.87. The average molecular weight is 288 g/mol. The molecule has 114 valence electrons. The zero-order chi connectivity index (χ0) is 15.4. The van der Waals surface area contributed by atoms with Crippen LogP contribution in [0.2, 0.25) is 0 Å². The van der Waals surface area contributed by atoms with Crippen LogP contribution in [0.5, 0.6) is 0 Å². The average Bonchev–Trinajstić information content (AvgIpc) is 2.51. The Kier molecular flexibility index (Phi) is 4.99. The summed E-state index contributed by atoms with van der Waals surface area (Å²) in [7, 11) is 0. The lowest BCUT2D eigenvalue weighted by atomic mass is 9.96. The molecule has 4 heteroatoms. The molecular weight excluding hydrogens is 264 g/mol. The molecule has 2 rings (SSSR count). The maximum absolute atomic E-state index is 12.9. The van der Waals surface area contributed by atoms with Gasteiger partial charge >= 0.3 is 0 Å². The van der Waals surface area contributed by atoms with Crippen LogP contribution in [0.3, 0.4) is 0 Å². The van der Waals surface area contributed by atoms with Gasteiger partial charge in [0.05, 0.1) is 0 Å². The van der Waals surface area contributed by atoms with Crippen LogP contribution in [-0.4, -0.2) is 28.8 Å². The molecule has 0 radical (unpaired) electrons. The van der Waals surface area contributed by atoms with Crippen molar-refractivity contribution in [2.45, 2.75) is 58.2 Å². The molecule has 0 aromatic heterocycles. The highest BCUT2D eigenvalue weighted by atomic mass is 16.2. The first-order valence-electron chi connectivity index (χ1n) is 7.77. The highest BCUT2D eigenvalue weighted by Crippen LogP contribution is 2.26. The SMILES string of the molecule is CCCC1C(=O)NC(c2ccccc2)C(=O)N1C(C)CC. The minimum atomic E-state index is -0.555. The van der Waals surface area contributed by atoms with Gasteiger partial charge in [-0.3, -0.25) is 9.59 Å². The van der Waals surface area contributed by atoms with Crippen molar-refractivity contribution in [1.29, 1.82) is 0 Å². The lowest BCUT2D eigenvalue weighted by Gasteiger charge is -2.42. The van der Waals surface area contributed by atoms with E-state index in [9.17, 15) is 9.59 Å². The minimum absolute atomic E-state index is 0.00796. The fraction of sp³-hybridized carbons (Fsp3) is 0.529. The fourth-order valence-corrected chi connectivity index (χ4v) is 2.87. The van der Waals surface area contributed by atoms with Crippen LogP contribution in [0.25, 0.3) is 0 Å². The summed E-state index contributed by atoms with van der Waals surface area (Å²) in [5, 5.41) is 2.90. The van der Waals surface area contributed by atoms with Gasteiger partial charge in [-0.15, -0.1) is 0 Å². The van der Waals surface area contributed by atoms with Gasteiger partial charge in [-0.25, -0.2) is 0 Å². The van der Waals surface area contributed by atoms with E-state index in [0.29, 0.717) is 6.42 Å². The second kappa shape index (κ2) is 6.74. The molecule has 1 saturated heterocycles. The molecule has 1 heterocycles. The van der Waals surface area contributed by atoms with Gasteiger partial charge in [0, 0.05) is 6.04 Å². The molecule has 1 aliphatic rings. The molecule has 0 saturated carbocycles. The van der Waals surface area contributed by atoms with E-state index < -0.39 is 6.04 Å². The number of carbonyl (C=O) groups excluding carboxylic acids is 2. The standard InChI is InChI=1S/C17H24N2O2/c1-4-9-14-16(20)18-15(13-10-7-6-8-11-13)17(21)19(14)12(3)5-2/h6-8,10-12,14-15H,4-5,9H2,1-3H3,(H,18,20). The van der Waals surface area contributed by atoms with E-state index in [0.717, 1.165) is 18.4 Å². The van der Waals surface area contributed by atoms with Crippen molar-refractivity contribution in [2.75, 3.05) is 0 Å². The summed E-state index contributed by atoms with van der Waals surface area (Å²) in [5.41, 5.74) is 0.846. The molecule has 3 unspecified atom stereocenters. The number of piperazine rings is 1. The van der Waals surface area contributed by atoms with Crippen molar-refractivity contribution in [3.05, 3.63) is 35.9 Å². The molecule has 1 aromatic rings. The quantitative estimate of drug-likeness (QED) is 0.905. The number of hydrogen-bond donors (Lipinski definition) is 1. The lowest BCUT2D eigenvalue weighted by molar-refractivity contribution is -0.152. The molecule has 1 aromatic carbocycles. The normalized spacial score (nSPS) is 23.9. The first-order chi connectivity index (χ1) is 10.1. The molecule has 21 heavy (non-hydrogen) atoms. The predicted octanol–water partition coefficient (Wildman–Crippen LogP) is 2.65. The van der Waals surface area contributed by atoms with Crippen LogP contribution < -0.4 is 5.32 Å². The highest BCUT2D eigenvalue weighted by molar-refractivity contribution is 5.97. The third kappa shape index (κ3) is 3.09. The lowest BCUT2D eigenvalue weighted by Crippen LogP contribution is -2.61. The van der Waals surface area contributed by atoms with E-state index in [1.807, 2.05) is 51.1 Å². The first kappa shape index (κ1) is 15.5. The van der Waals surface area contributed by atoms with Crippen molar-refractivity contribution in [3.8, 4) is 0 Å². The van der Waals surface area contributed by atoms with Gasteiger partial charge in [-0.2, -0.15) is 0 Å². The van der Waals surface area contributed by atoms with Gasteiger partial charge in [0.25, 0.3) is 5.91 Å². The van der Waals surface area contributed by atoms with Crippen LogP contribution in [0.15, 0.2) is 30.3 Å². The second-order valence-corrected chi connectivity index (χ2v) is 5.66. The maximum atomic E-state index is 12.9. The topological polar surface area (TPSA) is 49.4 Å². The summed E-state index contributed by atoms with van der Waals surface area (Å²) >= 11 is 0. The summed E-state index contributed by atoms with van der Waals surface area (Å²) in [6.45, 7) is 6.10. The molecular formula is C17H24N2O2. The highest BCUT2D eigenvalue weighted by Gasteiger charge is 2.42. The van der Waals surface area contributed by atoms with Crippen molar-refractivity contribution in [3.63, 3.8) is 0 Å². The number of amides is 2. The number of hydrogen-bond acceptors (Lipinski definition) is 2. The molecule has 1 fully saturated rings. The Hall–Kier alpha value is -1.84. The third-order valence-electron chi connectivity index (χ3n) is 4.19. The number of rotatable bonds is 5. The number of nitrogens with zero attached hydrogens (tertiary/aromatic N) is 1. The Morgan fingerprint density at radius 1 is 1.19 bits per heavy atom. The van der Waals surface area contributed by atoms with E-state index in [2.05, 4.69) is 5.32 Å². The number of benzene rings is 1. The van der Waals surface area contributed by atoms with Gasteiger partial charge in [0.2, 0.25) is 5.91 Å². The van der Waals surface area contributed by atoms with E-state index in [1.165, 1.54) is 0 Å². The Labute approximate surface area is 126 Å². The van der Waals surface area contributed by atoms with Crippen LogP contribution >= 0.6 is 0 Å². The second-order valence-electron chi connectivity index (χ2n) is 5.66. The Morgan fingerprint density at radius 3 is 2.43 bits per heavy atom. The minimum Gasteiger partial charge on any atom is -0.339 e. The zero-order valence-electron chi connectivity index (χ0n) is 13.0. The Balaban J connectivity index is 2.33. The van der Waals surface area contributed by atoms with Crippen molar-refractivity contribution >= 4 is 11.8 Å². The Morgan fingerprint density at radius 2 is 1.86 bits per heavy atom. The van der Waals surface area contributed by atoms with Crippen LogP contribution in [0.4, 0.5) is 0 Å². The van der Waals surface area contributed by atoms with E-state index in [-0.39, 0.29) is 23.9 Å². The van der Waals surface area contributed by atoms with Crippen LogP contribution in [-0.2, 0) is 9.59 Å². The summed E-state index contributed by atoms with van der Waals surface area (Å²) in [6.07, 6.45) is 2.44. The van der Waals surface area contributed by atoms with Gasteiger partial charge in [0.15, 0.2) is 0 Å². The molecule has 0 aliphatic carbocycles. The predicted molar refractivity (Wildman–Crippen MR) is 82.6 cm³/mol. The first-order valence-corrected chi connectivity index (χ1v) is 7.77. The van der Waals surface area contributed by atoms with Gasteiger partial charge < -0.3 is 10.2 Å². The maximum Gasteiger partial charge on any atom is 0.250 e. The monoisotopic (exact) mass is 288 g/mol. The zero-order valence-corrected chi connectivity index (χ0v) is 13.0. The van der Waals surface area contributed by atoms with Crippen molar-refractivity contribution in [1.82, 2.24) is 10.2 Å². The van der Waals surface area contributed by atoms with Gasteiger partial charge in [-0.1, -0.05) is 50.6 Å². The van der Waals surface area contributed by atoms with Crippen molar-refractivity contribution < 1.29 is 9.59 Å². The molecule has 0 spiro atoms. The molecule has 1 N–H and O–H groups in total. The third-order valence-corrected chi connectivity index (χ3v) is 4.19. The van der Waals surface area contributed by atoms with E-state index in [4.69, 9.17) is 0 Å². The summed E-state index contributed by atoms with van der Waals surface area (Å²) < 4.78 is 0. The van der Waals surface area contributed by atoms with Crippen LogP contribution in [0.1, 0.15) is 51.6 Å². The largest absolute Gasteiger partial charge is 0.339 e. The molecule has 2 amide bonds. The molecule has 0 bridgehead atoms. The van der Waals surface area contributed by atoms with Crippen molar-refractivity contribution in [2.24, 2.45) is 0 Å². The smallest absolute Gasteiger partial charge is 0.250 e. The summed E-state index contributed by atoms with van der Waals surface area (Å²) in [5.74, 6) is -0.0285. The Bertz CT molecular complexity index is 501. The molecule has 1 aliphatic heterocycles. The van der Waals surface area contributed by atoms with Crippen LogP contribution in [0, 0.1) is 0 Å². The van der Waals surface area contributed by atoms with Gasteiger partial charge in [-0.05, 0) is 25.3 Å². The molecule has 3 atom stereocenters. The van der Waals surface area contributed by atoms with E-state index in [1.54, 1.807) is 4.90 Å².